The average molecular weight is 437 g/mol. The van der Waals surface area contributed by atoms with Crippen molar-refractivity contribution in [3.63, 3.8) is 0 Å². The van der Waals surface area contributed by atoms with Crippen LogP contribution in [0, 0.1) is 0 Å². The molecule has 0 aliphatic carbocycles. The first-order chi connectivity index (χ1) is 14.0. The molecule has 3 N–H and O–H groups in total. The summed E-state index contributed by atoms with van der Waals surface area (Å²) >= 11 is 0. The van der Waals surface area contributed by atoms with Gasteiger partial charge in [0.2, 0.25) is 5.91 Å². The largest absolute Gasteiger partial charge is 1.00 e. The van der Waals surface area contributed by atoms with Crippen LogP contribution in [-0.4, -0.2) is 34.1 Å². The SMILES string of the molecule is CCCCCCCCCCCCCCCCCC(=O)NC(CCC(=O)O)C(=O)O.[Na+]. The van der Waals surface area contributed by atoms with Gasteiger partial charge in [0.25, 0.3) is 0 Å². The summed E-state index contributed by atoms with van der Waals surface area (Å²) in [6.07, 6.45) is 18.8. The Labute approximate surface area is 205 Å². The Hall–Kier alpha value is -0.590. The van der Waals surface area contributed by atoms with Crippen molar-refractivity contribution in [1.82, 2.24) is 5.32 Å². The fourth-order valence-corrected chi connectivity index (χ4v) is 3.45. The number of hydrogen-bond donors (Lipinski definition) is 3. The van der Waals surface area contributed by atoms with E-state index in [0.29, 0.717) is 6.42 Å². The predicted octanol–water partition coefficient (Wildman–Crippen LogP) is 2.69. The van der Waals surface area contributed by atoms with E-state index in [9.17, 15) is 14.4 Å². The summed E-state index contributed by atoms with van der Waals surface area (Å²) in [5.74, 6) is -2.55. The number of amides is 1. The molecule has 1 amide bonds. The molecule has 0 bridgehead atoms. The summed E-state index contributed by atoms with van der Waals surface area (Å²) in [6, 6.07) is -1.12. The number of hydrogen-bond acceptors (Lipinski definition) is 3. The topological polar surface area (TPSA) is 104 Å². The van der Waals surface area contributed by atoms with Gasteiger partial charge in [0.15, 0.2) is 0 Å². The zero-order chi connectivity index (χ0) is 21.7. The van der Waals surface area contributed by atoms with Gasteiger partial charge in [-0.2, -0.15) is 0 Å². The maximum absolute atomic E-state index is 11.8. The van der Waals surface area contributed by atoms with E-state index in [-0.39, 0.29) is 48.3 Å². The number of nitrogens with one attached hydrogen (secondary N) is 1. The molecule has 6 nitrogen and oxygen atoms in total. The van der Waals surface area contributed by atoms with E-state index in [1.807, 2.05) is 0 Å². The van der Waals surface area contributed by atoms with E-state index in [2.05, 4.69) is 12.2 Å². The first-order valence-electron chi connectivity index (χ1n) is 11.7. The minimum atomic E-state index is -1.18. The molecule has 0 aliphatic rings. The Morgan fingerprint density at radius 2 is 1.07 bits per heavy atom. The Kier molecular flexibility index (Phi) is 24.3. The molecule has 0 aromatic rings. The molecule has 0 aromatic heterocycles. The van der Waals surface area contributed by atoms with Crippen molar-refractivity contribution in [2.45, 2.75) is 129 Å². The summed E-state index contributed by atoms with van der Waals surface area (Å²) in [4.78, 5) is 33.4. The van der Waals surface area contributed by atoms with Crippen molar-refractivity contribution in [2.24, 2.45) is 0 Å². The molecule has 0 rings (SSSR count). The van der Waals surface area contributed by atoms with E-state index in [1.165, 1.54) is 77.0 Å². The fraction of sp³-hybridized carbons (Fsp3) is 0.870. The van der Waals surface area contributed by atoms with Crippen LogP contribution in [0.1, 0.15) is 122 Å². The van der Waals surface area contributed by atoms with E-state index in [0.717, 1.165) is 19.3 Å². The van der Waals surface area contributed by atoms with E-state index < -0.39 is 18.0 Å². The molecule has 0 fully saturated rings. The van der Waals surface area contributed by atoms with Gasteiger partial charge in [0, 0.05) is 12.8 Å². The molecule has 0 heterocycles. The van der Waals surface area contributed by atoms with E-state index >= 15 is 0 Å². The maximum Gasteiger partial charge on any atom is 1.00 e. The molecule has 1 atom stereocenters. The van der Waals surface area contributed by atoms with Gasteiger partial charge in [0.1, 0.15) is 6.04 Å². The second kappa shape index (κ2) is 23.1. The molecule has 0 saturated carbocycles. The number of carbonyl (C=O) groups is 3. The van der Waals surface area contributed by atoms with Crippen LogP contribution in [0.25, 0.3) is 0 Å². The zero-order valence-corrected chi connectivity index (χ0v) is 21.4. The van der Waals surface area contributed by atoms with Crippen molar-refractivity contribution < 1.29 is 54.2 Å². The quantitative estimate of drug-likeness (QED) is 0.190. The van der Waals surface area contributed by atoms with Crippen LogP contribution in [0.4, 0.5) is 0 Å². The molecule has 1 unspecified atom stereocenters. The normalized spacial score (nSPS) is 11.5. The molecule has 0 spiro atoms. The summed E-state index contributed by atoms with van der Waals surface area (Å²) < 4.78 is 0. The van der Waals surface area contributed by atoms with Crippen molar-refractivity contribution in [3.8, 4) is 0 Å². The first-order valence-corrected chi connectivity index (χ1v) is 11.7. The number of carbonyl (C=O) groups excluding carboxylic acids is 1. The molecule has 170 valence electrons. The molecule has 30 heavy (non-hydrogen) atoms. The summed E-state index contributed by atoms with van der Waals surface area (Å²) in [5.41, 5.74) is 0. The van der Waals surface area contributed by atoms with Crippen LogP contribution in [-0.2, 0) is 14.4 Å². The predicted molar refractivity (Wildman–Crippen MR) is 116 cm³/mol. The van der Waals surface area contributed by atoms with Crippen LogP contribution < -0.4 is 34.9 Å². The smallest absolute Gasteiger partial charge is 0.481 e. The maximum atomic E-state index is 11.8. The summed E-state index contributed by atoms with van der Waals surface area (Å²) in [5, 5.41) is 20.1. The van der Waals surface area contributed by atoms with Crippen molar-refractivity contribution in [1.29, 1.82) is 0 Å². The fourth-order valence-electron chi connectivity index (χ4n) is 3.45. The first kappa shape index (κ1) is 31.6. The molecule has 0 aliphatic heterocycles. The second-order valence-corrected chi connectivity index (χ2v) is 8.09. The van der Waals surface area contributed by atoms with Crippen LogP contribution in [0.2, 0.25) is 0 Å². The monoisotopic (exact) mass is 436 g/mol. The third kappa shape index (κ3) is 22.1. The van der Waals surface area contributed by atoms with E-state index in [4.69, 9.17) is 10.2 Å². The molecular weight excluding hydrogens is 393 g/mol. The number of unbranched alkanes of at least 4 members (excludes halogenated alkanes) is 14. The van der Waals surface area contributed by atoms with Crippen LogP contribution in [0.15, 0.2) is 0 Å². The minimum Gasteiger partial charge on any atom is -0.481 e. The van der Waals surface area contributed by atoms with Crippen molar-refractivity contribution >= 4 is 17.8 Å². The van der Waals surface area contributed by atoms with Gasteiger partial charge in [-0.15, -0.1) is 0 Å². The average Bonchev–Trinajstić information content (AvgIpc) is 2.67. The van der Waals surface area contributed by atoms with Crippen molar-refractivity contribution in [2.75, 3.05) is 0 Å². The number of carboxylic acid groups (broad SMARTS) is 2. The van der Waals surface area contributed by atoms with Gasteiger partial charge in [0.05, 0.1) is 0 Å². The summed E-state index contributed by atoms with van der Waals surface area (Å²) in [6.45, 7) is 2.25. The van der Waals surface area contributed by atoms with Gasteiger partial charge in [-0.3, -0.25) is 9.59 Å². The third-order valence-electron chi connectivity index (χ3n) is 5.29. The summed E-state index contributed by atoms with van der Waals surface area (Å²) in [7, 11) is 0. The Morgan fingerprint density at radius 1 is 0.667 bits per heavy atom. The Morgan fingerprint density at radius 3 is 1.43 bits per heavy atom. The minimum absolute atomic E-state index is 0. The van der Waals surface area contributed by atoms with Gasteiger partial charge < -0.3 is 15.5 Å². The Balaban J connectivity index is 0. The second-order valence-electron chi connectivity index (χ2n) is 8.09. The standard InChI is InChI=1S/C23H43NO5.Na/c1-2-3-4-5-6-7-8-9-10-11-12-13-14-15-16-17-21(25)24-20(23(28)29)18-19-22(26)27;/h20H,2-19H2,1H3,(H,24,25)(H,26,27)(H,28,29);/q;+1. The van der Waals surface area contributed by atoms with Gasteiger partial charge in [-0.25, -0.2) is 4.79 Å². The van der Waals surface area contributed by atoms with Crippen LogP contribution in [0.5, 0.6) is 0 Å². The zero-order valence-electron chi connectivity index (χ0n) is 19.4. The van der Waals surface area contributed by atoms with Gasteiger partial charge in [-0.1, -0.05) is 96.8 Å². The molecular formula is C23H43NNaO5+. The van der Waals surface area contributed by atoms with E-state index in [1.54, 1.807) is 0 Å². The Bertz CT molecular complexity index is 445. The van der Waals surface area contributed by atoms with Crippen LogP contribution >= 0.6 is 0 Å². The van der Waals surface area contributed by atoms with Crippen LogP contribution in [0.3, 0.4) is 0 Å². The molecule has 0 saturated heterocycles. The number of carboxylic acids is 2. The number of rotatable bonds is 21. The third-order valence-corrected chi connectivity index (χ3v) is 5.29. The molecule has 0 radical (unpaired) electrons. The van der Waals surface area contributed by atoms with Gasteiger partial charge >= 0.3 is 41.5 Å². The van der Waals surface area contributed by atoms with Crippen molar-refractivity contribution in [3.05, 3.63) is 0 Å². The van der Waals surface area contributed by atoms with Gasteiger partial charge in [-0.05, 0) is 12.8 Å². The molecule has 0 aromatic carbocycles. The molecule has 7 heteroatoms. The number of aliphatic carboxylic acids is 2.